The Morgan fingerprint density at radius 1 is 0.957 bits per heavy atom. The molecule has 2 aromatic heterocycles. The van der Waals surface area contributed by atoms with Crippen molar-refractivity contribution >= 4 is 23.2 Å². The van der Waals surface area contributed by atoms with E-state index in [1.807, 2.05) is 41.3 Å². The third kappa shape index (κ3) is 7.05. The largest absolute Gasteiger partial charge is 0.480 e. The fourth-order valence-corrected chi connectivity index (χ4v) is 6.61. The molecule has 246 valence electrons. The topological polar surface area (TPSA) is 118 Å². The molecule has 6 rings (SSSR count). The molecule has 2 fully saturated rings. The first-order chi connectivity index (χ1) is 22.7. The normalized spacial score (nSPS) is 17.3. The number of halogens is 3. The number of aliphatic hydroxyl groups is 1. The third-order valence-electron chi connectivity index (χ3n) is 8.41. The molecule has 2 aromatic carbocycles. The van der Waals surface area contributed by atoms with Gasteiger partial charge in [0.25, 0.3) is 0 Å². The van der Waals surface area contributed by atoms with Crippen LogP contribution in [-0.4, -0.2) is 82.1 Å². The summed E-state index contributed by atoms with van der Waals surface area (Å²) >= 11 is 14.0. The molecule has 4 aromatic rings. The van der Waals surface area contributed by atoms with Crippen molar-refractivity contribution in [1.82, 2.24) is 35.5 Å². The molecule has 2 aliphatic heterocycles. The smallest absolute Gasteiger partial charge is 0.237 e. The SMILES string of the molecule is C=C1CC[C@@H](CNCc2ncc(-c3cccc(-c4cccc(-c5cnc(CN6CC(F)(CO)C6)c(OC)n5)c4Cl)c3Cl)nc2OC)N1. The summed E-state index contributed by atoms with van der Waals surface area (Å²) in [5.74, 6) is 0.736. The van der Waals surface area contributed by atoms with Gasteiger partial charge in [-0.2, -0.15) is 0 Å². The number of allylic oxidation sites excluding steroid dienone is 1. The highest BCUT2D eigenvalue weighted by Crippen LogP contribution is 2.42. The van der Waals surface area contributed by atoms with Crippen LogP contribution in [-0.2, 0) is 13.1 Å². The third-order valence-corrected chi connectivity index (χ3v) is 9.22. The highest BCUT2D eigenvalue weighted by atomic mass is 35.5. The average Bonchev–Trinajstić information content (AvgIpc) is 3.49. The summed E-state index contributed by atoms with van der Waals surface area (Å²) < 4.78 is 25.3. The number of rotatable bonds is 12. The van der Waals surface area contributed by atoms with Gasteiger partial charge in [0.15, 0.2) is 5.67 Å². The summed E-state index contributed by atoms with van der Waals surface area (Å²) in [6, 6.07) is 11.6. The van der Waals surface area contributed by atoms with Crippen LogP contribution in [0, 0.1) is 0 Å². The fourth-order valence-electron chi connectivity index (χ4n) is 5.96. The van der Waals surface area contributed by atoms with Gasteiger partial charge in [-0.1, -0.05) is 66.2 Å². The molecule has 1 atom stereocenters. The van der Waals surface area contributed by atoms with E-state index in [0.717, 1.165) is 25.1 Å². The summed E-state index contributed by atoms with van der Waals surface area (Å²) in [7, 11) is 3.08. The zero-order valence-corrected chi connectivity index (χ0v) is 27.7. The van der Waals surface area contributed by atoms with E-state index < -0.39 is 12.3 Å². The van der Waals surface area contributed by atoms with Gasteiger partial charge in [-0.25, -0.2) is 14.4 Å². The lowest BCUT2D eigenvalue weighted by molar-refractivity contribution is -0.0714. The quantitative estimate of drug-likeness (QED) is 0.178. The van der Waals surface area contributed by atoms with Crippen LogP contribution in [0.4, 0.5) is 4.39 Å². The molecule has 0 aliphatic carbocycles. The number of alkyl halides is 1. The molecular formula is C34H36Cl2FN7O3. The van der Waals surface area contributed by atoms with Gasteiger partial charge in [-0.3, -0.25) is 14.9 Å². The number of hydrogen-bond acceptors (Lipinski definition) is 10. The standard InChI is InChI=1S/C34H36Cl2FN7O3/c1-20-10-11-21(41-20)12-38-13-28-32(46-2)42-26(14-39-28)24-8-4-6-22(30(24)35)23-7-5-9-25(31(23)36)27-15-40-29(33(43-27)47-3)16-44-17-34(37,18-44)19-45/h4-9,14-15,21,38,41,45H,1,10-13,16-19H2,2-3H3/t21-/m0/s1. The summed E-state index contributed by atoms with van der Waals surface area (Å²) in [6.45, 7) is 5.37. The van der Waals surface area contributed by atoms with Crippen molar-refractivity contribution in [2.24, 2.45) is 0 Å². The second kappa shape index (κ2) is 14.1. The number of benzene rings is 2. The molecule has 0 amide bonds. The fraction of sp³-hybridized carbons (Fsp3) is 0.353. The van der Waals surface area contributed by atoms with E-state index in [1.54, 1.807) is 19.5 Å². The molecule has 0 unspecified atom stereocenters. The molecular weight excluding hydrogens is 644 g/mol. The number of nitrogens with zero attached hydrogens (tertiary/aromatic N) is 5. The Morgan fingerprint density at radius 3 is 2.04 bits per heavy atom. The Bertz CT molecular complexity index is 1790. The number of methoxy groups -OCH3 is 2. The maximum Gasteiger partial charge on any atom is 0.237 e. The van der Waals surface area contributed by atoms with Gasteiger partial charge in [-0.05, 0) is 12.8 Å². The van der Waals surface area contributed by atoms with E-state index in [-0.39, 0.29) is 13.1 Å². The zero-order chi connectivity index (χ0) is 33.1. The van der Waals surface area contributed by atoms with Gasteiger partial charge in [0.2, 0.25) is 11.8 Å². The molecule has 3 N–H and O–H groups in total. The van der Waals surface area contributed by atoms with E-state index in [4.69, 9.17) is 37.7 Å². The number of aliphatic hydroxyl groups excluding tert-OH is 1. The highest BCUT2D eigenvalue weighted by molar-refractivity contribution is 6.39. The summed E-state index contributed by atoms with van der Waals surface area (Å²) in [5.41, 5.74) is 4.58. The maximum absolute atomic E-state index is 14.2. The van der Waals surface area contributed by atoms with E-state index in [2.05, 4.69) is 32.2 Å². The van der Waals surface area contributed by atoms with Crippen LogP contribution in [0.5, 0.6) is 11.8 Å². The Morgan fingerprint density at radius 2 is 1.51 bits per heavy atom. The van der Waals surface area contributed by atoms with Gasteiger partial charge in [0.05, 0.1) is 54.7 Å². The summed E-state index contributed by atoms with van der Waals surface area (Å²) in [4.78, 5) is 20.5. The molecule has 0 spiro atoms. The van der Waals surface area contributed by atoms with Crippen LogP contribution in [0.2, 0.25) is 10.0 Å². The number of ether oxygens (including phenoxy) is 2. The van der Waals surface area contributed by atoms with E-state index in [9.17, 15) is 9.50 Å². The molecule has 4 heterocycles. The van der Waals surface area contributed by atoms with Crippen LogP contribution >= 0.6 is 23.2 Å². The molecule has 47 heavy (non-hydrogen) atoms. The first kappa shape index (κ1) is 33.0. The van der Waals surface area contributed by atoms with Gasteiger partial charge in [-0.15, -0.1) is 0 Å². The van der Waals surface area contributed by atoms with Crippen molar-refractivity contribution in [1.29, 1.82) is 0 Å². The van der Waals surface area contributed by atoms with Gasteiger partial charge in [0.1, 0.15) is 11.4 Å². The predicted octanol–water partition coefficient (Wildman–Crippen LogP) is 5.46. The summed E-state index contributed by atoms with van der Waals surface area (Å²) in [5, 5.41) is 16.9. The van der Waals surface area contributed by atoms with E-state index in [0.29, 0.717) is 86.0 Å². The van der Waals surface area contributed by atoms with E-state index in [1.165, 1.54) is 7.11 Å². The van der Waals surface area contributed by atoms with Crippen molar-refractivity contribution < 1.29 is 19.0 Å². The Kier molecular flexibility index (Phi) is 9.90. The van der Waals surface area contributed by atoms with Crippen molar-refractivity contribution in [3.8, 4) is 45.4 Å². The first-order valence-corrected chi connectivity index (χ1v) is 16.0. The lowest BCUT2D eigenvalue weighted by Crippen LogP contribution is -2.60. The van der Waals surface area contributed by atoms with Crippen molar-refractivity contribution in [2.75, 3.05) is 40.5 Å². The Labute approximate surface area is 283 Å². The minimum atomic E-state index is -1.57. The van der Waals surface area contributed by atoms with Crippen LogP contribution in [0.15, 0.2) is 61.1 Å². The number of likely N-dealkylation sites (tertiary alicyclic amines) is 1. The van der Waals surface area contributed by atoms with E-state index >= 15 is 0 Å². The monoisotopic (exact) mass is 679 g/mol. The Hall–Kier alpha value is -3.87. The van der Waals surface area contributed by atoms with Gasteiger partial charge >= 0.3 is 0 Å². The van der Waals surface area contributed by atoms with Crippen LogP contribution in [0.25, 0.3) is 33.6 Å². The van der Waals surface area contributed by atoms with Crippen molar-refractivity contribution in [3.05, 3.63) is 82.5 Å². The minimum absolute atomic E-state index is 0.124. The predicted molar refractivity (Wildman–Crippen MR) is 180 cm³/mol. The second-order valence-electron chi connectivity index (χ2n) is 11.8. The zero-order valence-electron chi connectivity index (χ0n) is 26.2. The Balaban J connectivity index is 1.23. The molecule has 0 saturated carbocycles. The molecule has 0 bridgehead atoms. The molecule has 2 aliphatic rings. The van der Waals surface area contributed by atoms with Crippen LogP contribution in [0.1, 0.15) is 24.2 Å². The lowest BCUT2D eigenvalue weighted by Gasteiger charge is -2.43. The van der Waals surface area contributed by atoms with Crippen LogP contribution in [0.3, 0.4) is 0 Å². The highest BCUT2D eigenvalue weighted by Gasteiger charge is 2.43. The molecule has 10 nitrogen and oxygen atoms in total. The number of nitrogens with one attached hydrogen (secondary N) is 2. The number of aromatic nitrogens is 4. The van der Waals surface area contributed by atoms with Crippen molar-refractivity contribution in [3.63, 3.8) is 0 Å². The van der Waals surface area contributed by atoms with Crippen molar-refractivity contribution in [2.45, 2.75) is 37.6 Å². The van der Waals surface area contributed by atoms with Gasteiger partial charge < -0.3 is 25.2 Å². The number of hydrogen-bond donors (Lipinski definition) is 3. The van der Waals surface area contributed by atoms with Crippen LogP contribution < -0.4 is 20.1 Å². The molecule has 13 heteroatoms. The lowest BCUT2D eigenvalue weighted by atomic mass is 9.97. The van der Waals surface area contributed by atoms with Gasteiger partial charge in [0, 0.05) is 66.7 Å². The molecule has 0 radical (unpaired) electrons. The minimum Gasteiger partial charge on any atom is -0.480 e. The second-order valence-corrected chi connectivity index (χ2v) is 12.6. The maximum atomic E-state index is 14.2. The molecule has 2 saturated heterocycles. The average molecular weight is 681 g/mol. The first-order valence-electron chi connectivity index (χ1n) is 15.3. The summed E-state index contributed by atoms with van der Waals surface area (Å²) in [6.07, 6.45) is 5.36.